The van der Waals surface area contributed by atoms with Crippen LogP contribution in [-0.2, 0) is 19.1 Å². The molecule has 7 heteroatoms. The topological polar surface area (TPSA) is 75.7 Å². The highest BCUT2D eigenvalue weighted by Crippen LogP contribution is 2.64. The number of amides is 2. The van der Waals surface area contributed by atoms with E-state index in [1.54, 1.807) is 6.92 Å². The first-order valence-electron chi connectivity index (χ1n) is 9.70. The number of ether oxygens (including phenoxy) is 1. The van der Waals surface area contributed by atoms with Crippen molar-refractivity contribution in [3.63, 3.8) is 0 Å². The van der Waals surface area contributed by atoms with Crippen molar-refractivity contribution in [2.24, 2.45) is 17.3 Å². The van der Waals surface area contributed by atoms with Crippen molar-refractivity contribution in [1.82, 2.24) is 10.2 Å². The van der Waals surface area contributed by atoms with E-state index < -0.39 is 5.41 Å². The Hall–Kier alpha value is -1.30. The van der Waals surface area contributed by atoms with E-state index in [0.717, 1.165) is 25.7 Å². The first-order valence-corrected chi connectivity index (χ1v) is 10.1. The van der Waals surface area contributed by atoms with Crippen LogP contribution >= 0.6 is 11.6 Å². The summed E-state index contributed by atoms with van der Waals surface area (Å²) in [4.78, 5) is 38.0. The predicted molar refractivity (Wildman–Crippen MR) is 97.6 cm³/mol. The number of halogens is 1. The number of carbonyl (C=O) groups is 3. The SMILES string of the molecule is CCNC(=O)CN(CC)C(=O)COC(=O)C12C[C@H]3C[C@@H](CC(Cl)(C3)C1)C2. The average molecular weight is 385 g/mol. The fourth-order valence-corrected chi connectivity index (χ4v) is 6.26. The van der Waals surface area contributed by atoms with Gasteiger partial charge in [0.15, 0.2) is 6.61 Å². The lowest BCUT2D eigenvalue weighted by atomic mass is 9.49. The zero-order valence-electron chi connectivity index (χ0n) is 15.7. The number of rotatable bonds is 7. The molecule has 4 saturated carbocycles. The second-order valence-electron chi connectivity index (χ2n) is 8.33. The van der Waals surface area contributed by atoms with Crippen LogP contribution in [0.15, 0.2) is 0 Å². The van der Waals surface area contributed by atoms with Crippen LogP contribution in [0.3, 0.4) is 0 Å². The standard InChI is InChI=1S/C19H29ClN2O4/c1-3-21-15(23)10-22(4-2)16(24)11-26-17(25)18-6-13-5-14(7-18)9-19(20,8-13)12-18/h13-14H,3-12H2,1-2H3,(H,21,23)/t13-,14-,18?,19?/m1/s1. The molecule has 0 heterocycles. The van der Waals surface area contributed by atoms with Gasteiger partial charge in [-0.05, 0) is 64.2 Å². The molecule has 0 saturated heterocycles. The molecule has 0 aliphatic heterocycles. The summed E-state index contributed by atoms with van der Waals surface area (Å²) in [6, 6.07) is 0. The fourth-order valence-electron chi connectivity index (χ4n) is 5.56. The van der Waals surface area contributed by atoms with Gasteiger partial charge < -0.3 is 15.0 Å². The number of likely N-dealkylation sites (N-methyl/N-ethyl adjacent to an activating group) is 2. The van der Waals surface area contributed by atoms with Gasteiger partial charge in [0.1, 0.15) is 0 Å². The van der Waals surface area contributed by atoms with Gasteiger partial charge in [0.25, 0.3) is 5.91 Å². The highest BCUT2D eigenvalue weighted by molar-refractivity contribution is 6.24. The number of nitrogens with one attached hydrogen (secondary N) is 1. The van der Waals surface area contributed by atoms with Crippen LogP contribution in [-0.4, -0.2) is 53.8 Å². The number of esters is 1. The zero-order valence-corrected chi connectivity index (χ0v) is 16.4. The molecule has 0 unspecified atom stereocenters. The largest absolute Gasteiger partial charge is 0.455 e. The summed E-state index contributed by atoms with van der Waals surface area (Å²) in [5.74, 6) is 0.180. The van der Waals surface area contributed by atoms with Crippen LogP contribution in [0.2, 0.25) is 0 Å². The normalized spacial score (nSPS) is 34.4. The summed E-state index contributed by atoms with van der Waals surface area (Å²) in [6.07, 6.45) is 5.49. The molecule has 1 N–H and O–H groups in total. The number of carbonyl (C=O) groups excluding carboxylic acids is 3. The van der Waals surface area contributed by atoms with E-state index in [1.807, 2.05) is 6.92 Å². The highest BCUT2D eigenvalue weighted by Gasteiger charge is 2.60. The summed E-state index contributed by atoms with van der Waals surface area (Å²) < 4.78 is 5.44. The van der Waals surface area contributed by atoms with Crippen LogP contribution < -0.4 is 5.32 Å². The summed E-state index contributed by atoms with van der Waals surface area (Å²) in [6.45, 7) is 4.22. The van der Waals surface area contributed by atoms with Crippen molar-refractivity contribution < 1.29 is 19.1 Å². The van der Waals surface area contributed by atoms with Gasteiger partial charge in [0.2, 0.25) is 5.91 Å². The van der Waals surface area contributed by atoms with E-state index in [2.05, 4.69) is 5.32 Å². The molecule has 0 aromatic heterocycles. The summed E-state index contributed by atoms with van der Waals surface area (Å²) in [5, 5.41) is 2.67. The van der Waals surface area contributed by atoms with Gasteiger partial charge in [-0.25, -0.2) is 0 Å². The molecule has 26 heavy (non-hydrogen) atoms. The van der Waals surface area contributed by atoms with Crippen LogP contribution in [0.4, 0.5) is 0 Å². The minimum Gasteiger partial charge on any atom is -0.455 e. The molecule has 2 atom stereocenters. The van der Waals surface area contributed by atoms with E-state index in [0.29, 0.717) is 31.3 Å². The molecule has 146 valence electrons. The van der Waals surface area contributed by atoms with Crippen molar-refractivity contribution >= 4 is 29.4 Å². The molecule has 4 aliphatic rings. The third-order valence-electron chi connectivity index (χ3n) is 6.19. The van der Waals surface area contributed by atoms with Gasteiger partial charge in [-0.15, -0.1) is 11.6 Å². The maximum atomic E-state index is 12.8. The minimum atomic E-state index is -0.511. The van der Waals surface area contributed by atoms with Crippen LogP contribution in [0, 0.1) is 17.3 Å². The number of hydrogen-bond acceptors (Lipinski definition) is 4. The molecule has 4 aliphatic carbocycles. The molecule has 2 amide bonds. The van der Waals surface area contributed by atoms with Gasteiger partial charge in [0.05, 0.1) is 12.0 Å². The van der Waals surface area contributed by atoms with E-state index in [9.17, 15) is 14.4 Å². The van der Waals surface area contributed by atoms with Crippen molar-refractivity contribution in [1.29, 1.82) is 0 Å². The lowest BCUT2D eigenvalue weighted by Crippen LogP contribution is -2.56. The van der Waals surface area contributed by atoms with Crippen molar-refractivity contribution in [3.8, 4) is 0 Å². The summed E-state index contributed by atoms with van der Waals surface area (Å²) in [5.41, 5.74) is -0.511. The quantitative estimate of drug-likeness (QED) is 0.538. The van der Waals surface area contributed by atoms with E-state index in [-0.39, 0.29) is 35.8 Å². The molecule has 0 radical (unpaired) electrons. The van der Waals surface area contributed by atoms with Crippen LogP contribution in [0.5, 0.6) is 0 Å². The van der Waals surface area contributed by atoms with Gasteiger partial charge in [-0.2, -0.15) is 0 Å². The molecule has 4 rings (SSSR count). The third-order valence-corrected chi connectivity index (χ3v) is 6.63. The summed E-state index contributed by atoms with van der Waals surface area (Å²) in [7, 11) is 0. The predicted octanol–water partition coefficient (Wildman–Crippen LogP) is 2.09. The van der Waals surface area contributed by atoms with Gasteiger partial charge in [-0.1, -0.05) is 0 Å². The Bertz CT molecular complexity index is 580. The van der Waals surface area contributed by atoms with E-state index >= 15 is 0 Å². The number of hydrogen-bond donors (Lipinski definition) is 1. The second kappa shape index (κ2) is 7.37. The van der Waals surface area contributed by atoms with Crippen LogP contribution in [0.1, 0.15) is 52.4 Å². The second-order valence-corrected chi connectivity index (χ2v) is 9.13. The Labute approximate surface area is 160 Å². The molecule has 4 fully saturated rings. The molecule has 0 spiro atoms. The molecule has 0 aromatic carbocycles. The Morgan fingerprint density at radius 1 is 1.15 bits per heavy atom. The maximum absolute atomic E-state index is 12.8. The van der Waals surface area contributed by atoms with Gasteiger partial charge in [0, 0.05) is 18.0 Å². The number of alkyl halides is 1. The molecule has 6 nitrogen and oxygen atoms in total. The molecule has 0 aromatic rings. The Balaban J connectivity index is 1.56. The highest BCUT2D eigenvalue weighted by atomic mass is 35.5. The Morgan fingerprint density at radius 3 is 2.35 bits per heavy atom. The minimum absolute atomic E-state index is 0.0131. The Kier molecular flexibility index (Phi) is 5.52. The van der Waals surface area contributed by atoms with Gasteiger partial charge >= 0.3 is 5.97 Å². The van der Waals surface area contributed by atoms with Crippen molar-refractivity contribution in [2.75, 3.05) is 26.2 Å². The monoisotopic (exact) mass is 384 g/mol. The van der Waals surface area contributed by atoms with E-state index in [4.69, 9.17) is 16.3 Å². The van der Waals surface area contributed by atoms with E-state index in [1.165, 1.54) is 11.3 Å². The lowest BCUT2D eigenvalue weighted by molar-refractivity contribution is -0.173. The zero-order chi connectivity index (χ0) is 18.9. The number of nitrogens with zero attached hydrogens (tertiary/aromatic N) is 1. The fraction of sp³-hybridized carbons (Fsp3) is 0.842. The van der Waals surface area contributed by atoms with Gasteiger partial charge in [-0.3, -0.25) is 14.4 Å². The summed E-state index contributed by atoms with van der Waals surface area (Å²) >= 11 is 6.76. The first kappa shape index (κ1) is 19.5. The van der Waals surface area contributed by atoms with Crippen molar-refractivity contribution in [2.45, 2.75) is 57.2 Å². The first-order chi connectivity index (χ1) is 12.3. The maximum Gasteiger partial charge on any atom is 0.312 e. The van der Waals surface area contributed by atoms with Crippen molar-refractivity contribution in [3.05, 3.63) is 0 Å². The molecule has 4 bridgehead atoms. The van der Waals surface area contributed by atoms with Crippen LogP contribution in [0.25, 0.3) is 0 Å². The average Bonchev–Trinajstić information content (AvgIpc) is 2.55. The third kappa shape index (κ3) is 3.85. The lowest BCUT2D eigenvalue weighted by Gasteiger charge is -2.58. The molecular weight excluding hydrogens is 356 g/mol. The smallest absolute Gasteiger partial charge is 0.312 e. The Morgan fingerprint density at radius 2 is 1.81 bits per heavy atom. The molecular formula is C19H29ClN2O4.